The zero-order chi connectivity index (χ0) is 16.6. The van der Waals surface area contributed by atoms with Gasteiger partial charge in [-0.15, -0.1) is 17.5 Å². The third-order valence-corrected chi connectivity index (χ3v) is 4.80. The lowest BCUT2D eigenvalue weighted by atomic mass is 10.0. The minimum Gasteiger partial charge on any atom is -0.313 e. The van der Waals surface area contributed by atoms with E-state index in [2.05, 4.69) is 69.4 Å². The smallest absolute Gasteiger partial charge is 0.209 e. The van der Waals surface area contributed by atoms with Crippen LogP contribution in [0.5, 0.6) is 0 Å². The van der Waals surface area contributed by atoms with Gasteiger partial charge in [-0.25, -0.2) is 4.68 Å². The topological polar surface area (TPSA) is 55.6 Å². The molecule has 2 aromatic carbocycles. The first-order chi connectivity index (χ1) is 11.8. The molecule has 0 saturated heterocycles. The predicted octanol–water partition coefficient (Wildman–Crippen LogP) is 3.57. The van der Waals surface area contributed by atoms with E-state index in [1.165, 1.54) is 16.7 Å². The fourth-order valence-corrected chi connectivity index (χ4v) is 3.17. The molecule has 0 unspecified atom stereocenters. The van der Waals surface area contributed by atoms with Crippen molar-refractivity contribution in [3.8, 4) is 11.1 Å². The van der Waals surface area contributed by atoms with Gasteiger partial charge < -0.3 is 5.32 Å². The van der Waals surface area contributed by atoms with Gasteiger partial charge in [0.2, 0.25) is 5.16 Å². The number of thioether (sulfide) groups is 1. The van der Waals surface area contributed by atoms with E-state index in [0.717, 1.165) is 30.4 Å². The molecule has 0 aliphatic heterocycles. The summed E-state index contributed by atoms with van der Waals surface area (Å²) in [7, 11) is 1.86. The summed E-state index contributed by atoms with van der Waals surface area (Å²) in [6.07, 6.45) is 1.08. The van der Waals surface area contributed by atoms with Crippen LogP contribution in [0.3, 0.4) is 0 Å². The highest BCUT2D eigenvalue weighted by Gasteiger charge is 2.02. The standard InChI is InChI=1S/C18H21N5S.ClH/c1-23-18(20-21-22-23)24-13-5-12-19-14-15-8-10-17(11-9-15)16-6-3-2-4-7-16;/h2-4,6-11,19H,5,12-14H2,1H3;1H. The second-order valence-electron chi connectivity index (χ2n) is 5.53. The minimum absolute atomic E-state index is 0. The Morgan fingerprint density at radius 2 is 1.72 bits per heavy atom. The molecule has 0 amide bonds. The first-order valence-electron chi connectivity index (χ1n) is 8.03. The fourth-order valence-electron chi connectivity index (χ4n) is 2.38. The summed E-state index contributed by atoms with van der Waals surface area (Å²) < 4.78 is 1.70. The molecule has 0 radical (unpaired) electrons. The number of hydrogen-bond donors (Lipinski definition) is 1. The highest BCUT2D eigenvalue weighted by Crippen LogP contribution is 2.19. The van der Waals surface area contributed by atoms with Gasteiger partial charge in [0, 0.05) is 19.3 Å². The number of hydrogen-bond acceptors (Lipinski definition) is 5. The molecular weight excluding hydrogens is 354 g/mol. The molecule has 0 spiro atoms. The highest BCUT2D eigenvalue weighted by molar-refractivity contribution is 7.99. The largest absolute Gasteiger partial charge is 0.313 e. The van der Waals surface area contributed by atoms with Crippen molar-refractivity contribution in [3.63, 3.8) is 0 Å². The third-order valence-electron chi connectivity index (χ3n) is 3.70. The second kappa shape index (κ2) is 10.2. The van der Waals surface area contributed by atoms with Crippen LogP contribution < -0.4 is 5.32 Å². The average Bonchev–Trinajstić information content (AvgIpc) is 3.04. The van der Waals surface area contributed by atoms with Gasteiger partial charge in [-0.05, 0) is 40.1 Å². The van der Waals surface area contributed by atoms with E-state index in [0.29, 0.717) is 0 Å². The van der Waals surface area contributed by atoms with Crippen LogP contribution in [-0.2, 0) is 13.6 Å². The Balaban J connectivity index is 0.00000225. The summed E-state index contributed by atoms with van der Waals surface area (Å²) >= 11 is 1.69. The molecule has 1 heterocycles. The molecule has 0 bridgehead atoms. The van der Waals surface area contributed by atoms with Crippen molar-refractivity contribution in [1.82, 2.24) is 25.5 Å². The summed E-state index contributed by atoms with van der Waals surface area (Å²) in [6.45, 7) is 1.88. The van der Waals surface area contributed by atoms with Crippen LogP contribution in [0.4, 0.5) is 0 Å². The zero-order valence-electron chi connectivity index (χ0n) is 14.1. The highest BCUT2D eigenvalue weighted by atomic mass is 35.5. The molecule has 0 saturated carbocycles. The van der Waals surface area contributed by atoms with Gasteiger partial charge >= 0.3 is 0 Å². The van der Waals surface area contributed by atoms with E-state index in [9.17, 15) is 0 Å². The van der Waals surface area contributed by atoms with E-state index in [4.69, 9.17) is 0 Å². The Hall–Kier alpha value is -1.89. The third kappa shape index (κ3) is 5.85. The molecule has 7 heteroatoms. The molecular formula is C18H22ClN5S. The molecule has 25 heavy (non-hydrogen) atoms. The number of rotatable bonds is 8. The molecule has 0 aliphatic rings. The number of tetrazole rings is 1. The Bertz CT molecular complexity index is 746. The Kier molecular flexibility index (Phi) is 7.91. The molecule has 1 aromatic heterocycles. The summed E-state index contributed by atoms with van der Waals surface area (Å²) in [6, 6.07) is 19.2. The van der Waals surface area contributed by atoms with Crippen molar-refractivity contribution < 1.29 is 0 Å². The van der Waals surface area contributed by atoms with Gasteiger partial charge in [0.05, 0.1) is 0 Å². The van der Waals surface area contributed by atoms with Crippen molar-refractivity contribution in [2.75, 3.05) is 12.3 Å². The van der Waals surface area contributed by atoms with Crippen molar-refractivity contribution in [1.29, 1.82) is 0 Å². The van der Waals surface area contributed by atoms with Crippen molar-refractivity contribution in [2.24, 2.45) is 7.05 Å². The summed E-state index contributed by atoms with van der Waals surface area (Å²) in [5.41, 5.74) is 3.82. The van der Waals surface area contributed by atoms with E-state index >= 15 is 0 Å². The molecule has 3 aromatic rings. The number of halogens is 1. The van der Waals surface area contributed by atoms with Crippen molar-refractivity contribution in [3.05, 3.63) is 60.2 Å². The monoisotopic (exact) mass is 375 g/mol. The number of aryl methyl sites for hydroxylation is 1. The van der Waals surface area contributed by atoms with Gasteiger partial charge in [-0.1, -0.05) is 66.4 Å². The van der Waals surface area contributed by atoms with Gasteiger partial charge in [-0.2, -0.15) is 0 Å². The Morgan fingerprint density at radius 1 is 1.00 bits per heavy atom. The van der Waals surface area contributed by atoms with E-state index in [1.54, 1.807) is 16.4 Å². The fraction of sp³-hybridized carbons (Fsp3) is 0.278. The van der Waals surface area contributed by atoms with Gasteiger partial charge in [0.15, 0.2) is 0 Å². The lowest BCUT2D eigenvalue weighted by Crippen LogP contribution is -2.15. The van der Waals surface area contributed by atoms with Crippen LogP contribution in [-0.4, -0.2) is 32.5 Å². The SMILES string of the molecule is Cl.Cn1nnnc1SCCCNCc1ccc(-c2ccccc2)cc1. The zero-order valence-corrected chi connectivity index (χ0v) is 15.8. The maximum atomic E-state index is 3.96. The lowest BCUT2D eigenvalue weighted by molar-refractivity contribution is 0.661. The van der Waals surface area contributed by atoms with Crippen LogP contribution in [0.2, 0.25) is 0 Å². The number of benzene rings is 2. The molecule has 0 fully saturated rings. The van der Waals surface area contributed by atoms with E-state index in [1.807, 2.05) is 13.1 Å². The molecule has 132 valence electrons. The van der Waals surface area contributed by atoms with Gasteiger partial charge in [0.25, 0.3) is 0 Å². The van der Waals surface area contributed by atoms with Crippen molar-refractivity contribution >= 4 is 24.2 Å². The van der Waals surface area contributed by atoms with Crippen LogP contribution in [0.25, 0.3) is 11.1 Å². The van der Waals surface area contributed by atoms with Crippen molar-refractivity contribution in [2.45, 2.75) is 18.1 Å². The van der Waals surface area contributed by atoms with E-state index in [-0.39, 0.29) is 12.4 Å². The molecule has 0 aliphatic carbocycles. The summed E-state index contributed by atoms with van der Waals surface area (Å²) in [5.74, 6) is 1.01. The van der Waals surface area contributed by atoms with Crippen LogP contribution in [0.15, 0.2) is 59.8 Å². The predicted molar refractivity (Wildman–Crippen MR) is 105 cm³/mol. The molecule has 0 atom stereocenters. The summed E-state index contributed by atoms with van der Waals surface area (Å²) in [4.78, 5) is 0. The lowest BCUT2D eigenvalue weighted by Gasteiger charge is -2.06. The minimum atomic E-state index is 0. The van der Waals surface area contributed by atoms with Gasteiger partial charge in [-0.3, -0.25) is 0 Å². The number of nitrogens with one attached hydrogen (secondary N) is 1. The Morgan fingerprint density at radius 3 is 2.40 bits per heavy atom. The van der Waals surface area contributed by atoms with Crippen LogP contribution in [0, 0.1) is 0 Å². The maximum Gasteiger partial charge on any atom is 0.209 e. The second-order valence-corrected chi connectivity index (χ2v) is 6.59. The Labute approximate surface area is 158 Å². The molecule has 5 nitrogen and oxygen atoms in total. The number of aromatic nitrogens is 4. The average molecular weight is 376 g/mol. The molecule has 1 N–H and O–H groups in total. The van der Waals surface area contributed by atoms with E-state index < -0.39 is 0 Å². The summed E-state index contributed by atoms with van der Waals surface area (Å²) in [5, 5.41) is 15.8. The molecule has 3 rings (SSSR count). The normalized spacial score (nSPS) is 10.4. The number of nitrogens with zero attached hydrogens (tertiary/aromatic N) is 4. The van der Waals surface area contributed by atoms with Gasteiger partial charge in [0.1, 0.15) is 0 Å². The quantitative estimate of drug-likeness (QED) is 0.481. The maximum absolute atomic E-state index is 3.96. The first-order valence-corrected chi connectivity index (χ1v) is 9.02. The first kappa shape index (κ1) is 19.4. The van der Waals surface area contributed by atoms with Crippen LogP contribution >= 0.6 is 24.2 Å². The van der Waals surface area contributed by atoms with Crippen LogP contribution in [0.1, 0.15) is 12.0 Å².